The van der Waals surface area contributed by atoms with Crippen LogP contribution in [0.2, 0.25) is 0 Å². The summed E-state index contributed by atoms with van der Waals surface area (Å²) < 4.78 is 60.9. The lowest BCUT2D eigenvalue weighted by Crippen LogP contribution is -2.61. The van der Waals surface area contributed by atoms with E-state index in [1.807, 2.05) is 6.92 Å². The van der Waals surface area contributed by atoms with E-state index in [9.17, 15) is 26.4 Å². The van der Waals surface area contributed by atoms with Crippen molar-refractivity contribution < 1.29 is 26.4 Å². The van der Waals surface area contributed by atoms with E-state index in [0.29, 0.717) is 20.2 Å². The number of nitrogens with zero attached hydrogens (tertiary/aromatic N) is 3. The second-order valence-electron chi connectivity index (χ2n) is 6.29. The molecular weight excluding hydrogens is 407 g/mol. The van der Waals surface area contributed by atoms with E-state index in [4.69, 9.17) is 5.73 Å². The molecule has 148 valence electrons. The van der Waals surface area contributed by atoms with Gasteiger partial charge in [-0.05, 0) is 19.4 Å². The molecule has 0 unspecified atom stereocenters. The van der Waals surface area contributed by atoms with E-state index in [-0.39, 0.29) is 23.7 Å². The van der Waals surface area contributed by atoms with Crippen molar-refractivity contribution in [1.82, 2.24) is 19.8 Å². The highest BCUT2D eigenvalue weighted by Crippen LogP contribution is 2.35. The van der Waals surface area contributed by atoms with Crippen LogP contribution in [-0.4, -0.2) is 59.9 Å². The number of alkyl halides is 3. The Balaban J connectivity index is 1.69. The van der Waals surface area contributed by atoms with E-state index in [0.717, 1.165) is 16.9 Å². The molecule has 1 aliphatic heterocycles. The number of anilines is 1. The zero-order chi connectivity index (χ0) is 20.1. The fourth-order valence-corrected chi connectivity index (χ4v) is 5.13. The molecule has 3 heterocycles. The van der Waals surface area contributed by atoms with E-state index >= 15 is 0 Å². The Morgan fingerprint density at radius 3 is 2.56 bits per heavy atom. The van der Waals surface area contributed by atoms with Crippen molar-refractivity contribution in [2.24, 2.45) is 0 Å². The molecule has 2 aromatic heterocycles. The number of nitrogens with one attached hydrogen (secondary N) is 1. The third-order valence-corrected chi connectivity index (χ3v) is 7.13. The van der Waals surface area contributed by atoms with Crippen LogP contribution < -0.4 is 11.1 Å². The highest BCUT2D eigenvalue weighted by atomic mass is 32.2. The van der Waals surface area contributed by atoms with Crippen LogP contribution in [0.1, 0.15) is 20.9 Å². The molecule has 3 rings (SSSR count). The SMILES string of the molecule is Cc1nnc2sc(C(=O)NC3CN(S(=O)(=O)CC(F)(F)F)C3)c(N)c2c1C. The number of fused-ring (bicyclic) bond motifs is 1. The molecule has 0 bridgehead atoms. The number of hydrogen-bond donors (Lipinski definition) is 2. The van der Waals surface area contributed by atoms with Crippen LogP contribution in [0.3, 0.4) is 0 Å². The van der Waals surface area contributed by atoms with Gasteiger partial charge in [0.15, 0.2) is 5.75 Å². The average Bonchev–Trinajstić information content (AvgIpc) is 2.81. The molecule has 3 N–H and O–H groups in total. The lowest BCUT2D eigenvalue weighted by Gasteiger charge is -2.38. The summed E-state index contributed by atoms with van der Waals surface area (Å²) in [5.41, 5.74) is 7.80. The Morgan fingerprint density at radius 2 is 1.96 bits per heavy atom. The third kappa shape index (κ3) is 3.84. The summed E-state index contributed by atoms with van der Waals surface area (Å²) in [7, 11) is -4.44. The zero-order valence-electron chi connectivity index (χ0n) is 14.3. The number of rotatable bonds is 4. The monoisotopic (exact) mass is 423 g/mol. The first kappa shape index (κ1) is 19.8. The number of halogens is 3. The quantitative estimate of drug-likeness (QED) is 0.763. The Kier molecular flexibility index (Phi) is 4.80. The maximum Gasteiger partial charge on any atom is 0.404 e. The van der Waals surface area contributed by atoms with Crippen molar-refractivity contribution in [1.29, 1.82) is 0 Å². The number of amides is 1. The van der Waals surface area contributed by atoms with Crippen molar-refractivity contribution in [2.75, 3.05) is 24.6 Å². The van der Waals surface area contributed by atoms with Gasteiger partial charge in [-0.2, -0.15) is 22.6 Å². The van der Waals surface area contributed by atoms with Crippen LogP contribution in [0, 0.1) is 13.8 Å². The Bertz CT molecular complexity index is 1010. The number of hydrogen-bond acceptors (Lipinski definition) is 7. The highest BCUT2D eigenvalue weighted by Gasteiger charge is 2.43. The smallest absolute Gasteiger partial charge is 0.397 e. The molecule has 13 heteroatoms. The van der Waals surface area contributed by atoms with Crippen molar-refractivity contribution in [3.8, 4) is 0 Å². The maximum absolute atomic E-state index is 12.4. The fraction of sp³-hybridized carbons (Fsp3) is 0.500. The topological polar surface area (TPSA) is 118 Å². The Hall–Kier alpha value is -1.99. The number of carbonyl (C=O) groups is 1. The van der Waals surface area contributed by atoms with Crippen molar-refractivity contribution in [3.05, 3.63) is 16.1 Å². The predicted octanol–water partition coefficient (Wildman–Crippen LogP) is 1.20. The molecule has 0 spiro atoms. The minimum Gasteiger partial charge on any atom is -0.397 e. The number of nitrogen functional groups attached to an aromatic ring is 1. The molecule has 0 radical (unpaired) electrons. The zero-order valence-corrected chi connectivity index (χ0v) is 15.9. The van der Waals surface area contributed by atoms with E-state index in [1.165, 1.54) is 0 Å². The molecule has 1 fully saturated rings. The normalized spacial score (nSPS) is 16.5. The van der Waals surface area contributed by atoms with Gasteiger partial charge < -0.3 is 11.1 Å². The maximum atomic E-state index is 12.4. The second-order valence-corrected chi connectivity index (χ2v) is 9.26. The molecular formula is C14H16F3N5O3S2. The van der Waals surface area contributed by atoms with Crippen LogP contribution in [0.15, 0.2) is 0 Å². The number of sulfonamides is 1. The molecule has 2 aromatic rings. The van der Waals surface area contributed by atoms with E-state index in [1.54, 1.807) is 6.92 Å². The number of aromatic nitrogens is 2. The molecule has 27 heavy (non-hydrogen) atoms. The first-order chi connectivity index (χ1) is 12.4. The number of carbonyl (C=O) groups excluding carboxylic acids is 1. The van der Waals surface area contributed by atoms with E-state index in [2.05, 4.69) is 15.5 Å². The van der Waals surface area contributed by atoms with Gasteiger partial charge in [-0.15, -0.1) is 16.4 Å². The largest absolute Gasteiger partial charge is 0.404 e. The molecule has 1 saturated heterocycles. The van der Waals surface area contributed by atoms with Crippen LogP contribution in [0.4, 0.5) is 18.9 Å². The minimum absolute atomic E-state index is 0.213. The van der Waals surface area contributed by atoms with Crippen molar-refractivity contribution in [3.63, 3.8) is 0 Å². The van der Waals surface area contributed by atoms with Crippen molar-refractivity contribution >= 4 is 43.2 Å². The molecule has 1 aliphatic rings. The van der Waals surface area contributed by atoms with Gasteiger partial charge in [0.05, 0.1) is 17.4 Å². The Morgan fingerprint density at radius 1 is 1.33 bits per heavy atom. The van der Waals surface area contributed by atoms with Gasteiger partial charge in [0.25, 0.3) is 5.91 Å². The van der Waals surface area contributed by atoms with Gasteiger partial charge in [-0.25, -0.2) is 8.42 Å². The van der Waals surface area contributed by atoms with Crippen molar-refractivity contribution in [2.45, 2.75) is 26.1 Å². The first-order valence-corrected chi connectivity index (χ1v) is 10.2. The average molecular weight is 423 g/mol. The Labute approximate surface area is 156 Å². The summed E-state index contributed by atoms with van der Waals surface area (Å²) in [6.45, 7) is 3.15. The summed E-state index contributed by atoms with van der Waals surface area (Å²) in [6, 6.07) is -0.584. The third-order valence-electron chi connectivity index (χ3n) is 4.26. The molecule has 8 nitrogen and oxygen atoms in total. The minimum atomic E-state index is -4.81. The van der Waals surface area contributed by atoms with Gasteiger partial charge in [0.1, 0.15) is 9.71 Å². The molecule has 0 saturated carbocycles. The second kappa shape index (κ2) is 6.56. The van der Waals surface area contributed by atoms with Crippen LogP contribution in [0.5, 0.6) is 0 Å². The van der Waals surface area contributed by atoms with Crippen LogP contribution in [0.25, 0.3) is 10.2 Å². The van der Waals surface area contributed by atoms with Gasteiger partial charge in [-0.1, -0.05) is 0 Å². The predicted molar refractivity (Wildman–Crippen MR) is 94.0 cm³/mol. The highest BCUT2D eigenvalue weighted by molar-refractivity contribution is 7.89. The lowest BCUT2D eigenvalue weighted by atomic mass is 10.1. The summed E-state index contributed by atoms with van der Waals surface area (Å²) in [6.07, 6.45) is -4.81. The first-order valence-electron chi connectivity index (χ1n) is 7.76. The van der Waals surface area contributed by atoms with Gasteiger partial charge in [0.2, 0.25) is 10.0 Å². The molecule has 0 aliphatic carbocycles. The van der Waals surface area contributed by atoms with Gasteiger partial charge in [0, 0.05) is 18.5 Å². The number of nitrogens with two attached hydrogens (primary N) is 1. The molecule has 0 aromatic carbocycles. The lowest BCUT2D eigenvalue weighted by molar-refractivity contribution is -0.107. The standard InChI is InChI=1S/C14H16F3N5O3S2/c1-6-7(2)20-21-13-9(6)10(18)11(26-13)12(23)19-8-3-22(4-8)27(24,25)5-14(15,16)17/h8H,3-5,18H2,1-2H3,(H,19,23). The molecule has 0 atom stereocenters. The van der Waals surface area contributed by atoms with Crippen LogP contribution in [-0.2, 0) is 10.0 Å². The van der Waals surface area contributed by atoms with Crippen LogP contribution >= 0.6 is 11.3 Å². The summed E-state index contributed by atoms with van der Waals surface area (Å²) >= 11 is 1.05. The van der Waals surface area contributed by atoms with Gasteiger partial charge >= 0.3 is 6.18 Å². The van der Waals surface area contributed by atoms with E-state index < -0.39 is 33.9 Å². The molecule has 1 amide bonds. The number of thiophene rings is 1. The van der Waals surface area contributed by atoms with Gasteiger partial charge in [-0.3, -0.25) is 4.79 Å². The summed E-state index contributed by atoms with van der Waals surface area (Å²) in [4.78, 5) is 13.2. The summed E-state index contributed by atoms with van der Waals surface area (Å²) in [5, 5.41) is 11.2. The fourth-order valence-electron chi connectivity index (χ4n) is 2.71. The number of aryl methyl sites for hydroxylation is 2. The summed E-state index contributed by atoms with van der Waals surface area (Å²) in [5.74, 6) is -2.44.